The quantitative estimate of drug-likeness (QED) is 0.676. The highest BCUT2D eigenvalue weighted by Crippen LogP contribution is 2.25. The first-order chi connectivity index (χ1) is 6.68. The van der Waals surface area contributed by atoms with Crippen molar-refractivity contribution >= 4 is 5.78 Å². The Hall–Kier alpha value is -0.410. The topological polar surface area (TPSA) is 40.5 Å². The van der Waals surface area contributed by atoms with Crippen LogP contribution in [0.1, 0.15) is 32.6 Å². The van der Waals surface area contributed by atoms with E-state index in [1.54, 1.807) is 0 Å². The van der Waals surface area contributed by atoms with Crippen molar-refractivity contribution in [2.75, 3.05) is 13.1 Å². The van der Waals surface area contributed by atoms with Crippen LogP contribution in [0, 0.1) is 5.92 Å². The molecule has 1 aliphatic carbocycles. The Bertz CT molecular complexity index is 229. The summed E-state index contributed by atoms with van der Waals surface area (Å²) in [4.78, 5) is 13.8. The van der Waals surface area contributed by atoms with Gasteiger partial charge < -0.3 is 5.11 Å². The first kappa shape index (κ1) is 10.1. The van der Waals surface area contributed by atoms with Gasteiger partial charge in [-0.2, -0.15) is 0 Å². The molecular formula is C11H19NO2. The van der Waals surface area contributed by atoms with Gasteiger partial charge in [0.05, 0.1) is 12.1 Å². The molecule has 2 rings (SSSR count). The van der Waals surface area contributed by atoms with E-state index in [0.717, 1.165) is 38.8 Å². The molecule has 0 aromatic carbocycles. The molecular weight excluding hydrogens is 178 g/mol. The first-order valence-corrected chi connectivity index (χ1v) is 5.63. The Balaban J connectivity index is 1.95. The second-order valence-corrected chi connectivity index (χ2v) is 4.70. The van der Waals surface area contributed by atoms with Gasteiger partial charge in [-0.25, -0.2) is 0 Å². The largest absolute Gasteiger partial charge is 0.393 e. The van der Waals surface area contributed by atoms with Crippen LogP contribution in [0.2, 0.25) is 0 Å². The van der Waals surface area contributed by atoms with Gasteiger partial charge in [0.25, 0.3) is 0 Å². The van der Waals surface area contributed by atoms with E-state index in [-0.39, 0.29) is 12.1 Å². The summed E-state index contributed by atoms with van der Waals surface area (Å²) in [5, 5.41) is 9.59. The standard InChI is InChI=1S/C11H19NO2/c1-8-7-12(6-5-10(8)13)9-3-2-4-11(9)14/h8-10,13H,2-7H2,1H3. The third kappa shape index (κ3) is 1.84. The Morgan fingerprint density at radius 1 is 1.43 bits per heavy atom. The van der Waals surface area contributed by atoms with E-state index in [1.807, 2.05) is 0 Å². The second-order valence-electron chi connectivity index (χ2n) is 4.70. The van der Waals surface area contributed by atoms with Crippen LogP contribution in [0.4, 0.5) is 0 Å². The zero-order valence-corrected chi connectivity index (χ0v) is 8.78. The minimum Gasteiger partial charge on any atom is -0.393 e. The molecule has 0 radical (unpaired) electrons. The van der Waals surface area contributed by atoms with Crippen LogP contribution in [0.15, 0.2) is 0 Å². The lowest BCUT2D eigenvalue weighted by atomic mass is 9.95. The Kier molecular flexibility index (Phi) is 2.88. The third-order valence-electron chi connectivity index (χ3n) is 3.60. The molecule has 2 aliphatic rings. The van der Waals surface area contributed by atoms with E-state index in [0.29, 0.717) is 11.7 Å². The number of carbonyl (C=O) groups is 1. The molecule has 1 aliphatic heterocycles. The number of piperidine rings is 1. The highest BCUT2D eigenvalue weighted by molar-refractivity contribution is 5.85. The Labute approximate surface area is 85.1 Å². The number of hydrogen-bond donors (Lipinski definition) is 1. The van der Waals surface area contributed by atoms with Crippen LogP contribution in [0.25, 0.3) is 0 Å². The predicted octanol–water partition coefficient (Wildman–Crippen LogP) is 0.811. The SMILES string of the molecule is CC1CN(C2CCCC2=O)CCC1O. The lowest BCUT2D eigenvalue weighted by Gasteiger charge is -2.37. The number of aliphatic hydroxyl groups is 1. The summed E-state index contributed by atoms with van der Waals surface area (Å²) in [5.41, 5.74) is 0. The molecule has 0 aromatic heterocycles. The molecule has 0 spiro atoms. The molecule has 1 heterocycles. The fourth-order valence-electron chi connectivity index (χ4n) is 2.63. The van der Waals surface area contributed by atoms with Crippen molar-refractivity contribution in [3.8, 4) is 0 Å². The van der Waals surface area contributed by atoms with Crippen LogP contribution >= 0.6 is 0 Å². The van der Waals surface area contributed by atoms with Gasteiger partial charge in [-0.3, -0.25) is 9.69 Å². The third-order valence-corrected chi connectivity index (χ3v) is 3.60. The van der Waals surface area contributed by atoms with Crippen LogP contribution < -0.4 is 0 Å². The van der Waals surface area contributed by atoms with Gasteiger partial charge in [0.2, 0.25) is 0 Å². The van der Waals surface area contributed by atoms with Gasteiger partial charge in [-0.05, 0) is 25.2 Å². The lowest BCUT2D eigenvalue weighted by molar-refractivity contribution is -0.123. The molecule has 1 N–H and O–H groups in total. The normalized spacial score (nSPS) is 40.4. The maximum Gasteiger partial charge on any atom is 0.149 e. The van der Waals surface area contributed by atoms with Gasteiger partial charge in [-0.1, -0.05) is 6.92 Å². The molecule has 3 atom stereocenters. The number of carbonyl (C=O) groups excluding carboxylic acids is 1. The van der Waals surface area contributed by atoms with E-state index in [2.05, 4.69) is 11.8 Å². The van der Waals surface area contributed by atoms with Crippen molar-refractivity contribution in [2.45, 2.75) is 44.8 Å². The zero-order valence-electron chi connectivity index (χ0n) is 8.78. The molecule has 3 unspecified atom stereocenters. The van der Waals surface area contributed by atoms with E-state index in [4.69, 9.17) is 0 Å². The number of nitrogens with zero attached hydrogens (tertiary/aromatic N) is 1. The van der Waals surface area contributed by atoms with Crippen LogP contribution in [0.5, 0.6) is 0 Å². The van der Waals surface area contributed by atoms with Gasteiger partial charge in [0.1, 0.15) is 5.78 Å². The summed E-state index contributed by atoms with van der Waals surface area (Å²) in [7, 11) is 0. The summed E-state index contributed by atoms with van der Waals surface area (Å²) in [5.74, 6) is 0.728. The summed E-state index contributed by atoms with van der Waals surface area (Å²) >= 11 is 0. The molecule has 0 aromatic rings. The first-order valence-electron chi connectivity index (χ1n) is 5.63. The second kappa shape index (κ2) is 3.99. The highest BCUT2D eigenvalue weighted by atomic mass is 16.3. The molecule has 80 valence electrons. The molecule has 3 heteroatoms. The summed E-state index contributed by atoms with van der Waals surface area (Å²) in [6.07, 6.45) is 3.50. The number of Topliss-reactive ketones (excluding diaryl/α,β-unsaturated/α-hetero) is 1. The summed E-state index contributed by atoms with van der Waals surface area (Å²) < 4.78 is 0. The monoisotopic (exact) mass is 197 g/mol. The highest BCUT2D eigenvalue weighted by Gasteiger charge is 2.34. The minimum absolute atomic E-state index is 0.164. The van der Waals surface area contributed by atoms with Gasteiger partial charge in [-0.15, -0.1) is 0 Å². The van der Waals surface area contributed by atoms with Crippen molar-refractivity contribution in [3.05, 3.63) is 0 Å². The number of rotatable bonds is 1. The summed E-state index contributed by atoms with van der Waals surface area (Å²) in [6.45, 7) is 3.84. The molecule has 0 amide bonds. The average molecular weight is 197 g/mol. The maximum absolute atomic E-state index is 11.6. The van der Waals surface area contributed by atoms with E-state index < -0.39 is 0 Å². The van der Waals surface area contributed by atoms with Crippen molar-refractivity contribution in [3.63, 3.8) is 0 Å². The lowest BCUT2D eigenvalue weighted by Crippen LogP contribution is -2.48. The van der Waals surface area contributed by atoms with Crippen molar-refractivity contribution in [1.29, 1.82) is 0 Å². The molecule has 2 fully saturated rings. The smallest absolute Gasteiger partial charge is 0.149 e. The fourth-order valence-corrected chi connectivity index (χ4v) is 2.63. The van der Waals surface area contributed by atoms with E-state index >= 15 is 0 Å². The minimum atomic E-state index is -0.164. The van der Waals surface area contributed by atoms with Crippen molar-refractivity contribution < 1.29 is 9.90 Å². The molecule has 1 saturated carbocycles. The predicted molar refractivity (Wildman–Crippen MR) is 54.0 cm³/mol. The maximum atomic E-state index is 11.6. The fraction of sp³-hybridized carbons (Fsp3) is 0.909. The van der Waals surface area contributed by atoms with E-state index in [1.165, 1.54) is 0 Å². The Morgan fingerprint density at radius 2 is 2.21 bits per heavy atom. The van der Waals surface area contributed by atoms with Crippen molar-refractivity contribution in [1.82, 2.24) is 4.90 Å². The number of likely N-dealkylation sites (tertiary alicyclic amines) is 1. The van der Waals surface area contributed by atoms with Gasteiger partial charge >= 0.3 is 0 Å². The van der Waals surface area contributed by atoms with Gasteiger partial charge in [0.15, 0.2) is 0 Å². The molecule has 14 heavy (non-hydrogen) atoms. The average Bonchev–Trinajstić information content (AvgIpc) is 2.57. The number of hydrogen-bond acceptors (Lipinski definition) is 3. The van der Waals surface area contributed by atoms with Crippen molar-refractivity contribution in [2.24, 2.45) is 5.92 Å². The van der Waals surface area contributed by atoms with Gasteiger partial charge in [0, 0.05) is 19.5 Å². The summed E-state index contributed by atoms with van der Waals surface area (Å²) in [6, 6.07) is 0.171. The van der Waals surface area contributed by atoms with Crippen LogP contribution in [0.3, 0.4) is 0 Å². The van der Waals surface area contributed by atoms with E-state index in [9.17, 15) is 9.90 Å². The molecule has 3 nitrogen and oxygen atoms in total. The molecule has 1 saturated heterocycles. The number of aliphatic hydroxyl groups excluding tert-OH is 1. The van der Waals surface area contributed by atoms with Crippen LogP contribution in [-0.4, -0.2) is 41.0 Å². The zero-order chi connectivity index (χ0) is 10.1. The molecule has 0 bridgehead atoms. The number of ketones is 1. The van der Waals surface area contributed by atoms with Crippen LogP contribution in [-0.2, 0) is 4.79 Å². The Morgan fingerprint density at radius 3 is 2.79 bits per heavy atom.